The molecule has 0 atom stereocenters. The number of amides is 1. The molecule has 0 saturated carbocycles. The molecule has 1 aliphatic heterocycles. The predicted molar refractivity (Wildman–Crippen MR) is 92.3 cm³/mol. The molecule has 7 heteroatoms. The second-order valence-electron chi connectivity index (χ2n) is 5.68. The number of fused-ring (bicyclic) bond motifs is 1. The Kier molecular flexibility index (Phi) is 4.55. The Morgan fingerprint density at radius 3 is 2.62 bits per heavy atom. The van der Waals surface area contributed by atoms with Gasteiger partial charge in [-0.15, -0.1) is 11.3 Å². The summed E-state index contributed by atoms with van der Waals surface area (Å²) in [6.07, 6.45) is 0.683. The van der Waals surface area contributed by atoms with E-state index in [1.807, 2.05) is 7.05 Å². The van der Waals surface area contributed by atoms with E-state index in [2.05, 4.69) is 10.2 Å². The fraction of sp³-hybridized carbons (Fsp3) is 0.294. The first kappa shape index (κ1) is 16.5. The number of carbonyl (C=O) groups excluding carboxylic acids is 1. The number of carbonyl (C=O) groups is 2. The standard InChI is InChI=1S/C17H18N2O4S/c1-19-8-7-12-13(9-19)24-16(14(12)17(21)22)18-15(20)10-3-5-11(23-2)6-4-10/h3-6H,7-9H2,1-2H3,(H,18,20)(H,21,22). The predicted octanol–water partition coefficient (Wildman–Crippen LogP) is 2.70. The van der Waals surface area contributed by atoms with Gasteiger partial charge in [0.2, 0.25) is 0 Å². The number of carboxylic acids is 1. The van der Waals surface area contributed by atoms with E-state index in [9.17, 15) is 14.7 Å². The second-order valence-corrected chi connectivity index (χ2v) is 6.79. The molecule has 1 aromatic carbocycles. The van der Waals surface area contributed by atoms with Gasteiger partial charge in [0.25, 0.3) is 5.91 Å². The number of anilines is 1. The van der Waals surface area contributed by atoms with Crippen molar-refractivity contribution in [2.75, 3.05) is 26.0 Å². The maximum atomic E-state index is 12.4. The molecular weight excluding hydrogens is 328 g/mol. The first-order valence-corrected chi connectivity index (χ1v) is 8.33. The zero-order valence-electron chi connectivity index (χ0n) is 13.5. The summed E-state index contributed by atoms with van der Waals surface area (Å²) in [5.41, 5.74) is 1.52. The molecule has 0 unspecified atom stereocenters. The van der Waals surface area contributed by atoms with Crippen LogP contribution in [0.25, 0.3) is 0 Å². The van der Waals surface area contributed by atoms with E-state index in [-0.39, 0.29) is 11.5 Å². The molecule has 6 nitrogen and oxygen atoms in total. The fourth-order valence-electron chi connectivity index (χ4n) is 2.76. The van der Waals surface area contributed by atoms with Gasteiger partial charge in [-0.2, -0.15) is 0 Å². The minimum Gasteiger partial charge on any atom is -0.497 e. The molecule has 2 aromatic rings. The Morgan fingerprint density at radius 2 is 2.00 bits per heavy atom. The maximum absolute atomic E-state index is 12.4. The SMILES string of the molecule is COc1ccc(C(=O)Nc2sc3c(c2C(=O)O)CCN(C)C3)cc1. The minimum atomic E-state index is -0.998. The summed E-state index contributed by atoms with van der Waals surface area (Å²) in [6.45, 7) is 1.52. The summed E-state index contributed by atoms with van der Waals surface area (Å²) in [5, 5.41) is 12.7. The minimum absolute atomic E-state index is 0.227. The van der Waals surface area contributed by atoms with Gasteiger partial charge in [0.15, 0.2) is 0 Å². The molecule has 2 heterocycles. The fourth-order valence-corrected chi connectivity index (χ4v) is 4.08. The van der Waals surface area contributed by atoms with Crippen LogP contribution in [0.5, 0.6) is 5.75 Å². The number of methoxy groups -OCH3 is 1. The largest absolute Gasteiger partial charge is 0.497 e. The van der Waals surface area contributed by atoms with Gasteiger partial charge in [-0.1, -0.05) is 0 Å². The van der Waals surface area contributed by atoms with Crippen molar-refractivity contribution in [3.8, 4) is 5.75 Å². The molecule has 0 spiro atoms. The van der Waals surface area contributed by atoms with Crippen molar-refractivity contribution >= 4 is 28.2 Å². The zero-order chi connectivity index (χ0) is 17.3. The van der Waals surface area contributed by atoms with Gasteiger partial charge in [0, 0.05) is 23.5 Å². The number of thiophene rings is 1. The number of aromatic carboxylic acids is 1. The van der Waals surface area contributed by atoms with E-state index < -0.39 is 5.97 Å². The van der Waals surface area contributed by atoms with Gasteiger partial charge < -0.3 is 20.1 Å². The summed E-state index contributed by atoms with van der Waals surface area (Å²) in [4.78, 5) is 27.2. The van der Waals surface area contributed by atoms with E-state index >= 15 is 0 Å². The van der Waals surface area contributed by atoms with Crippen LogP contribution in [-0.4, -0.2) is 42.6 Å². The maximum Gasteiger partial charge on any atom is 0.339 e. The molecule has 1 aliphatic rings. The number of hydrogen-bond acceptors (Lipinski definition) is 5. The molecule has 0 saturated heterocycles. The van der Waals surface area contributed by atoms with Crippen LogP contribution in [0, 0.1) is 0 Å². The van der Waals surface area contributed by atoms with Gasteiger partial charge in [-0.25, -0.2) is 4.79 Å². The quantitative estimate of drug-likeness (QED) is 0.890. The molecule has 24 heavy (non-hydrogen) atoms. The summed E-state index contributed by atoms with van der Waals surface area (Å²) in [5.74, 6) is -0.665. The molecule has 0 aliphatic carbocycles. The van der Waals surface area contributed by atoms with Crippen LogP contribution in [0.2, 0.25) is 0 Å². The van der Waals surface area contributed by atoms with Crippen LogP contribution in [0.3, 0.4) is 0 Å². The van der Waals surface area contributed by atoms with Crippen LogP contribution in [-0.2, 0) is 13.0 Å². The zero-order valence-corrected chi connectivity index (χ0v) is 14.3. The van der Waals surface area contributed by atoms with Crippen LogP contribution >= 0.6 is 11.3 Å². The lowest BCUT2D eigenvalue weighted by Gasteiger charge is -2.22. The number of nitrogens with zero attached hydrogens (tertiary/aromatic N) is 1. The number of rotatable bonds is 4. The van der Waals surface area contributed by atoms with Gasteiger partial charge in [0.05, 0.1) is 12.7 Å². The summed E-state index contributed by atoms with van der Waals surface area (Å²) in [7, 11) is 3.56. The van der Waals surface area contributed by atoms with Gasteiger partial charge in [0.1, 0.15) is 10.8 Å². The Bertz CT molecular complexity index is 783. The highest BCUT2D eigenvalue weighted by atomic mass is 32.1. The highest BCUT2D eigenvalue weighted by molar-refractivity contribution is 7.17. The lowest BCUT2D eigenvalue weighted by atomic mass is 10.0. The number of likely N-dealkylation sites (N-methyl/N-ethyl adjacent to an activating group) is 1. The molecule has 1 amide bonds. The smallest absolute Gasteiger partial charge is 0.339 e. The number of nitrogens with one attached hydrogen (secondary N) is 1. The Hall–Kier alpha value is -2.38. The third kappa shape index (κ3) is 3.13. The third-order valence-electron chi connectivity index (χ3n) is 4.04. The molecule has 126 valence electrons. The molecule has 1 aromatic heterocycles. The van der Waals surface area contributed by atoms with Crippen LogP contribution < -0.4 is 10.1 Å². The van der Waals surface area contributed by atoms with Gasteiger partial charge in [-0.3, -0.25) is 4.79 Å². The first-order valence-electron chi connectivity index (χ1n) is 7.51. The lowest BCUT2D eigenvalue weighted by Crippen LogP contribution is -2.26. The van der Waals surface area contributed by atoms with E-state index in [0.717, 1.165) is 17.0 Å². The Labute approximate surface area is 143 Å². The van der Waals surface area contributed by atoms with Crippen LogP contribution in [0.1, 0.15) is 31.2 Å². The Balaban J connectivity index is 1.88. The highest BCUT2D eigenvalue weighted by Crippen LogP contribution is 2.37. The summed E-state index contributed by atoms with van der Waals surface area (Å²) < 4.78 is 5.07. The number of hydrogen-bond donors (Lipinski definition) is 2. The van der Waals surface area contributed by atoms with E-state index in [0.29, 0.717) is 29.3 Å². The topological polar surface area (TPSA) is 78.9 Å². The highest BCUT2D eigenvalue weighted by Gasteiger charge is 2.27. The Morgan fingerprint density at radius 1 is 1.29 bits per heavy atom. The van der Waals surface area contributed by atoms with Gasteiger partial charge >= 0.3 is 5.97 Å². The first-order chi connectivity index (χ1) is 11.5. The number of benzene rings is 1. The van der Waals surface area contributed by atoms with Crippen molar-refractivity contribution in [3.05, 3.63) is 45.8 Å². The number of ether oxygens (including phenoxy) is 1. The third-order valence-corrected chi connectivity index (χ3v) is 5.17. The monoisotopic (exact) mass is 346 g/mol. The molecule has 2 N–H and O–H groups in total. The normalized spacial score (nSPS) is 14.1. The van der Waals surface area contributed by atoms with Gasteiger partial charge in [-0.05, 0) is 43.3 Å². The lowest BCUT2D eigenvalue weighted by molar-refractivity contribution is 0.0696. The number of carboxylic acid groups (broad SMARTS) is 1. The average Bonchev–Trinajstić information content (AvgIpc) is 2.91. The van der Waals surface area contributed by atoms with Crippen LogP contribution in [0.4, 0.5) is 5.00 Å². The summed E-state index contributed by atoms with van der Waals surface area (Å²) >= 11 is 1.35. The average molecular weight is 346 g/mol. The van der Waals surface area contributed by atoms with Crippen molar-refractivity contribution < 1.29 is 19.4 Å². The molecule has 3 rings (SSSR count). The van der Waals surface area contributed by atoms with Crippen molar-refractivity contribution in [1.82, 2.24) is 4.90 Å². The second kappa shape index (κ2) is 6.62. The van der Waals surface area contributed by atoms with E-state index in [1.165, 1.54) is 11.3 Å². The summed E-state index contributed by atoms with van der Waals surface area (Å²) in [6, 6.07) is 6.69. The van der Waals surface area contributed by atoms with E-state index in [1.54, 1.807) is 31.4 Å². The molecule has 0 fully saturated rings. The molecule has 0 radical (unpaired) electrons. The molecular formula is C17H18N2O4S. The van der Waals surface area contributed by atoms with Crippen molar-refractivity contribution in [1.29, 1.82) is 0 Å². The van der Waals surface area contributed by atoms with E-state index in [4.69, 9.17) is 4.74 Å². The molecule has 0 bridgehead atoms. The van der Waals surface area contributed by atoms with Crippen LogP contribution in [0.15, 0.2) is 24.3 Å². The van der Waals surface area contributed by atoms with Crippen molar-refractivity contribution in [2.24, 2.45) is 0 Å². The van der Waals surface area contributed by atoms with Crippen molar-refractivity contribution in [2.45, 2.75) is 13.0 Å². The van der Waals surface area contributed by atoms with Crippen molar-refractivity contribution in [3.63, 3.8) is 0 Å².